The molecule has 2 aromatic rings. The van der Waals surface area contributed by atoms with E-state index in [9.17, 15) is 4.79 Å². The van der Waals surface area contributed by atoms with Crippen LogP contribution in [0.5, 0.6) is 11.5 Å². The van der Waals surface area contributed by atoms with Gasteiger partial charge in [-0.1, -0.05) is 12.1 Å². The molecular weight excluding hydrogens is 258 g/mol. The molecule has 0 atom stereocenters. The molecule has 0 unspecified atom stereocenters. The summed E-state index contributed by atoms with van der Waals surface area (Å²) in [6, 6.07) is 12.0. The highest BCUT2D eigenvalue weighted by Crippen LogP contribution is 2.32. The van der Waals surface area contributed by atoms with Crippen LogP contribution < -0.4 is 9.47 Å². The Balaban J connectivity index is 1.89. The average molecular weight is 269 g/mol. The molecule has 1 N–H and O–H groups in total. The summed E-state index contributed by atoms with van der Waals surface area (Å²) in [5, 5.41) is 9.08. The lowest BCUT2D eigenvalue weighted by molar-refractivity contribution is 0.0698. The van der Waals surface area contributed by atoms with Crippen molar-refractivity contribution in [1.29, 1.82) is 0 Å². The summed E-state index contributed by atoms with van der Waals surface area (Å²) in [4.78, 5) is 15.3. The van der Waals surface area contributed by atoms with E-state index in [0.717, 1.165) is 5.56 Å². The number of carboxylic acid groups (broad SMARTS) is 1. The van der Waals surface area contributed by atoms with Crippen molar-refractivity contribution in [2.75, 3.05) is 6.79 Å². The SMILES string of the molecule is O=C(O)c1ccccc1N=Cc1ccc2c(c1)OCO2. The molecule has 5 nitrogen and oxygen atoms in total. The normalized spacial score (nSPS) is 12.8. The van der Waals surface area contributed by atoms with Gasteiger partial charge in [-0.25, -0.2) is 4.79 Å². The van der Waals surface area contributed by atoms with Gasteiger partial charge in [-0.3, -0.25) is 4.99 Å². The molecule has 0 saturated carbocycles. The molecular formula is C15H11NO4. The first-order valence-electron chi connectivity index (χ1n) is 6.00. The van der Waals surface area contributed by atoms with Crippen LogP contribution in [0.15, 0.2) is 47.5 Å². The van der Waals surface area contributed by atoms with Crippen molar-refractivity contribution in [3.63, 3.8) is 0 Å². The van der Waals surface area contributed by atoms with Crippen LogP contribution in [0.3, 0.4) is 0 Å². The first-order valence-corrected chi connectivity index (χ1v) is 6.00. The first-order chi connectivity index (χ1) is 9.74. The van der Waals surface area contributed by atoms with Crippen LogP contribution in [-0.4, -0.2) is 24.1 Å². The van der Waals surface area contributed by atoms with Crippen molar-refractivity contribution in [3.8, 4) is 11.5 Å². The Morgan fingerprint density at radius 1 is 1.15 bits per heavy atom. The van der Waals surface area contributed by atoms with E-state index >= 15 is 0 Å². The summed E-state index contributed by atoms with van der Waals surface area (Å²) in [6.07, 6.45) is 1.60. The number of nitrogens with zero attached hydrogens (tertiary/aromatic N) is 1. The molecule has 1 heterocycles. The van der Waals surface area contributed by atoms with Crippen molar-refractivity contribution >= 4 is 17.9 Å². The number of hydrogen-bond acceptors (Lipinski definition) is 4. The van der Waals surface area contributed by atoms with Gasteiger partial charge in [-0.2, -0.15) is 0 Å². The van der Waals surface area contributed by atoms with E-state index in [1.165, 1.54) is 6.07 Å². The van der Waals surface area contributed by atoms with Crippen LogP contribution in [0, 0.1) is 0 Å². The van der Waals surface area contributed by atoms with E-state index in [1.54, 1.807) is 36.5 Å². The largest absolute Gasteiger partial charge is 0.478 e. The highest BCUT2D eigenvalue weighted by Gasteiger charge is 2.12. The van der Waals surface area contributed by atoms with Gasteiger partial charge >= 0.3 is 5.97 Å². The molecule has 0 spiro atoms. The second kappa shape index (κ2) is 5.05. The smallest absolute Gasteiger partial charge is 0.337 e. The highest BCUT2D eigenvalue weighted by atomic mass is 16.7. The molecule has 5 heteroatoms. The van der Waals surface area contributed by atoms with Gasteiger partial charge in [-0.05, 0) is 35.9 Å². The maximum Gasteiger partial charge on any atom is 0.337 e. The number of rotatable bonds is 3. The number of aliphatic imine (C=N–C) groups is 1. The quantitative estimate of drug-likeness (QED) is 0.870. The van der Waals surface area contributed by atoms with Gasteiger partial charge in [-0.15, -0.1) is 0 Å². The van der Waals surface area contributed by atoms with Crippen LogP contribution in [0.4, 0.5) is 5.69 Å². The van der Waals surface area contributed by atoms with E-state index in [1.807, 2.05) is 6.07 Å². The second-order valence-electron chi connectivity index (χ2n) is 4.19. The molecule has 1 aliphatic rings. The van der Waals surface area contributed by atoms with E-state index in [2.05, 4.69) is 4.99 Å². The Morgan fingerprint density at radius 2 is 1.95 bits per heavy atom. The molecule has 0 fully saturated rings. The van der Waals surface area contributed by atoms with Gasteiger partial charge in [0, 0.05) is 6.21 Å². The van der Waals surface area contributed by atoms with Crippen LogP contribution in [0.25, 0.3) is 0 Å². The monoisotopic (exact) mass is 269 g/mol. The number of carbonyl (C=O) groups is 1. The van der Waals surface area contributed by atoms with E-state index in [-0.39, 0.29) is 12.4 Å². The second-order valence-corrected chi connectivity index (χ2v) is 4.19. The average Bonchev–Trinajstić information content (AvgIpc) is 2.92. The standard InChI is InChI=1S/C15H11NO4/c17-15(18)11-3-1-2-4-12(11)16-8-10-5-6-13-14(7-10)20-9-19-13/h1-8H,9H2,(H,17,18). The lowest BCUT2D eigenvalue weighted by Crippen LogP contribution is -1.96. The minimum atomic E-state index is -0.997. The predicted octanol–water partition coefficient (Wildman–Crippen LogP) is 2.86. The molecule has 0 aliphatic carbocycles. The van der Waals surface area contributed by atoms with Crippen molar-refractivity contribution < 1.29 is 19.4 Å². The number of hydrogen-bond donors (Lipinski definition) is 1. The summed E-state index contributed by atoms with van der Waals surface area (Å²) in [7, 11) is 0. The highest BCUT2D eigenvalue weighted by molar-refractivity contribution is 5.95. The van der Waals surface area contributed by atoms with Crippen molar-refractivity contribution in [2.45, 2.75) is 0 Å². The fourth-order valence-corrected chi connectivity index (χ4v) is 1.90. The van der Waals surface area contributed by atoms with E-state index in [0.29, 0.717) is 17.2 Å². The summed E-state index contributed by atoms with van der Waals surface area (Å²) in [5.41, 5.74) is 1.40. The predicted molar refractivity (Wildman–Crippen MR) is 73.2 cm³/mol. The zero-order valence-corrected chi connectivity index (χ0v) is 10.4. The van der Waals surface area contributed by atoms with E-state index < -0.39 is 5.97 Å². The summed E-state index contributed by atoms with van der Waals surface area (Å²) in [5.74, 6) is 0.372. The Kier molecular flexibility index (Phi) is 3.09. The van der Waals surface area contributed by atoms with Crippen LogP contribution in [-0.2, 0) is 0 Å². The Labute approximate surface area is 115 Å². The van der Waals surface area contributed by atoms with Crippen LogP contribution >= 0.6 is 0 Å². The molecule has 0 saturated heterocycles. The van der Waals surface area contributed by atoms with Gasteiger partial charge in [0.2, 0.25) is 6.79 Å². The lowest BCUT2D eigenvalue weighted by Gasteiger charge is -2.00. The van der Waals surface area contributed by atoms with Gasteiger partial charge in [0.15, 0.2) is 11.5 Å². The third kappa shape index (κ3) is 2.33. The van der Waals surface area contributed by atoms with Crippen LogP contribution in [0.2, 0.25) is 0 Å². The molecule has 3 rings (SSSR count). The lowest BCUT2D eigenvalue weighted by atomic mass is 10.2. The fourth-order valence-electron chi connectivity index (χ4n) is 1.90. The zero-order valence-electron chi connectivity index (χ0n) is 10.4. The van der Waals surface area contributed by atoms with Crippen molar-refractivity contribution in [1.82, 2.24) is 0 Å². The fraction of sp³-hybridized carbons (Fsp3) is 0.0667. The minimum Gasteiger partial charge on any atom is -0.478 e. The molecule has 1 aliphatic heterocycles. The van der Waals surface area contributed by atoms with E-state index in [4.69, 9.17) is 14.6 Å². The van der Waals surface area contributed by atoms with Gasteiger partial charge in [0.1, 0.15) is 0 Å². The maximum absolute atomic E-state index is 11.1. The van der Waals surface area contributed by atoms with Crippen molar-refractivity contribution in [2.24, 2.45) is 4.99 Å². The Hall–Kier alpha value is -2.82. The number of para-hydroxylation sites is 1. The Morgan fingerprint density at radius 3 is 2.80 bits per heavy atom. The molecule has 100 valence electrons. The van der Waals surface area contributed by atoms with Crippen LogP contribution in [0.1, 0.15) is 15.9 Å². The minimum absolute atomic E-state index is 0.171. The number of benzene rings is 2. The third-order valence-electron chi connectivity index (χ3n) is 2.88. The number of ether oxygens (including phenoxy) is 2. The third-order valence-corrected chi connectivity index (χ3v) is 2.88. The van der Waals surface area contributed by atoms with Gasteiger partial charge in [0.05, 0.1) is 11.3 Å². The summed E-state index contributed by atoms with van der Waals surface area (Å²) >= 11 is 0. The number of fused-ring (bicyclic) bond motifs is 1. The molecule has 2 aromatic carbocycles. The summed E-state index contributed by atoms with van der Waals surface area (Å²) < 4.78 is 10.5. The van der Waals surface area contributed by atoms with Gasteiger partial charge < -0.3 is 14.6 Å². The van der Waals surface area contributed by atoms with Gasteiger partial charge in [0.25, 0.3) is 0 Å². The molecule has 0 bridgehead atoms. The Bertz CT molecular complexity index is 694. The molecule has 0 aromatic heterocycles. The topological polar surface area (TPSA) is 68.1 Å². The number of aromatic carboxylic acids is 1. The summed E-state index contributed by atoms with van der Waals surface area (Å²) in [6.45, 7) is 0.220. The molecule has 0 radical (unpaired) electrons. The first kappa shape index (κ1) is 12.2. The molecule has 20 heavy (non-hydrogen) atoms. The number of carboxylic acids is 1. The molecule has 0 amide bonds. The zero-order chi connectivity index (χ0) is 13.9. The maximum atomic E-state index is 11.1. The van der Waals surface area contributed by atoms with Crippen molar-refractivity contribution in [3.05, 3.63) is 53.6 Å².